The van der Waals surface area contributed by atoms with Gasteiger partial charge in [0, 0.05) is 31.1 Å². The number of nitrogens with zero attached hydrogens (tertiary/aromatic N) is 2. The van der Waals surface area contributed by atoms with Crippen LogP contribution >= 0.6 is 11.6 Å². The number of anilines is 1. The SMILES string of the molecule is CCN(Cc1ccccc1)C(=O)CCN(c1cccc(Cl)c1)S(C)(=O)=O. The van der Waals surface area contributed by atoms with Gasteiger partial charge in [-0.25, -0.2) is 8.42 Å². The third-order valence-electron chi connectivity index (χ3n) is 3.98. The van der Waals surface area contributed by atoms with Crippen molar-refractivity contribution in [3.63, 3.8) is 0 Å². The highest BCUT2D eigenvalue weighted by Crippen LogP contribution is 2.22. The topological polar surface area (TPSA) is 57.7 Å². The summed E-state index contributed by atoms with van der Waals surface area (Å²) in [4.78, 5) is 14.3. The molecule has 0 aliphatic rings. The highest BCUT2D eigenvalue weighted by Gasteiger charge is 2.20. The average molecular weight is 395 g/mol. The molecule has 0 bridgehead atoms. The minimum atomic E-state index is -3.52. The van der Waals surface area contributed by atoms with Crippen LogP contribution in [-0.4, -0.2) is 38.6 Å². The van der Waals surface area contributed by atoms with Crippen molar-refractivity contribution in [2.75, 3.05) is 23.7 Å². The largest absolute Gasteiger partial charge is 0.339 e. The summed E-state index contributed by atoms with van der Waals surface area (Å²) in [6.07, 6.45) is 1.22. The van der Waals surface area contributed by atoms with Crippen LogP contribution < -0.4 is 4.31 Å². The zero-order valence-corrected chi connectivity index (χ0v) is 16.5. The van der Waals surface area contributed by atoms with Gasteiger partial charge >= 0.3 is 0 Å². The Hall–Kier alpha value is -2.05. The third-order valence-corrected chi connectivity index (χ3v) is 5.41. The van der Waals surface area contributed by atoms with E-state index in [9.17, 15) is 13.2 Å². The molecule has 1 amide bonds. The molecule has 5 nitrogen and oxygen atoms in total. The summed E-state index contributed by atoms with van der Waals surface area (Å²) in [6.45, 7) is 3.05. The van der Waals surface area contributed by atoms with Crippen molar-refractivity contribution in [2.24, 2.45) is 0 Å². The van der Waals surface area contributed by atoms with Gasteiger partial charge in [-0.15, -0.1) is 0 Å². The Morgan fingerprint density at radius 2 is 1.77 bits per heavy atom. The summed E-state index contributed by atoms with van der Waals surface area (Å²) in [7, 11) is -3.52. The molecule has 0 aliphatic heterocycles. The van der Waals surface area contributed by atoms with Crippen molar-refractivity contribution in [2.45, 2.75) is 19.9 Å². The predicted octanol–water partition coefficient (Wildman–Crippen LogP) is 3.54. The average Bonchev–Trinajstić information content (AvgIpc) is 2.59. The number of amides is 1. The van der Waals surface area contributed by atoms with E-state index in [0.29, 0.717) is 23.8 Å². The zero-order valence-electron chi connectivity index (χ0n) is 14.9. The summed E-state index contributed by atoms with van der Waals surface area (Å²) < 4.78 is 25.5. The first kappa shape index (κ1) is 20.3. The molecule has 0 unspecified atom stereocenters. The molecule has 0 aromatic heterocycles. The second-order valence-electron chi connectivity index (χ2n) is 5.96. The monoisotopic (exact) mass is 394 g/mol. The van der Waals surface area contributed by atoms with Gasteiger partial charge in [0.05, 0.1) is 11.9 Å². The number of carbonyl (C=O) groups excluding carboxylic acids is 1. The minimum Gasteiger partial charge on any atom is -0.339 e. The van der Waals surface area contributed by atoms with Crippen molar-refractivity contribution in [3.8, 4) is 0 Å². The van der Waals surface area contributed by atoms with Gasteiger partial charge in [-0.1, -0.05) is 48.0 Å². The fourth-order valence-electron chi connectivity index (χ4n) is 2.65. The van der Waals surface area contributed by atoms with Gasteiger partial charge in [0.15, 0.2) is 0 Å². The van der Waals surface area contributed by atoms with E-state index >= 15 is 0 Å². The first-order valence-corrected chi connectivity index (χ1v) is 10.6. The van der Waals surface area contributed by atoms with Gasteiger partial charge < -0.3 is 4.90 Å². The lowest BCUT2D eigenvalue weighted by molar-refractivity contribution is -0.131. The summed E-state index contributed by atoms with van der Waals surface area (Å²) in [5.74, 6) is -0.0907. The Morgan fingerprint density at radius 1 is 1.08 bits per heavy atom. The van der Waals surface area contributed by atoms with Gasteiger partial charge in [0.1, 0.15) is 0 Å². The molecule has 0 aliphatic carbocycles. The van der Waals surface area contributed by atoms with E-state index in [-0.39, 0.29) is 18.9 Å². The van der Waals surface area contributed by atoms with E-state index in [1.807, 2.05) is 37.3 Å². The van der Waals surface area contributed by atoms with E-state index < -0.39 is 10.0 Å². The molecule has 0 saturated carbocycles. The second kappa shape index (κ2) is 9.05. The van der Waals surface area contributed by atoms with E-state index in [2.05, 4.69) is 0 Å². The number of hydrogen-bond donors (Lipinski definition) is 0. The molecule has 0 N–H and O–H groups in total. The van der Waals surface area contributed by atoms with Crippen LogP contribution in [-0.2, 0) is 21.4 Å². The Morgan fingerprint density at radius 3 is 2.35 bits per heavy atom. The van der Waals surface area contributed by atoms with Gasteiger partial charge in [-0.05, 0) is 30.7 Å². The lowest BCUT2D eigenvalue weighted by atomic mass is 10.2. The Labute approximate surface area is 160 Å². The number of carbonyl (C=O) groups is 1. The van der Waals surface area contributed by atoms with Gasteiger partial charge in [-0.2, -0.15) is 0 Å². The van der Waals surface area contributed by atoms with Crippen LogP contribution in [0.4, 0.5) is 5.69 Å². The smallest absolute Gasteiger partial charge is 0.232 e. The van der Waals surface area contributed by atoms with Crippen molar-refractivity contribution in [1.82, 2.24) is 4.90 Å². The molecule has 26 heavy (non-hydrogen) atoms. The molecule has 0 heterocycles. The maximum Gasteiger partial charge on any atom is 0.232 e. The van der Waals surface area contributed by atoms with Gasteiger partial charge in [-0.3, -0.25) is 9.10 Å². The first-order valence-electron chi connectivity index (χ1n) is 8.36. The van der Waals surface area contributed by atoms with Crippen molar-refractivity contribution in [3.05, 3.63) is 65.2 Å². The number of rotatable bonds is 8. The van der Waals surface area contributed by atoms with E-state index in [1.54, 1.807) is 29.2 Å². The van der Waals surface area contributed by atoms with Crippen LogP contribution in [0.1, 0.15) is 18.9 Å². The van der Waals surface area contributed by atoms with Gasteiger partial charge in [0.25, 0.3) is 0 Å². The van der Waals surface area contributed by atoms with Crippen LogP contribution in [0.25, 0.3) is 0 Å². The molecule has 2 aromatic rings. The third kappa shape index (κ3) is 5.75. The summed E-state index contributed by atoms with van der Waals surface area (Å²) in [6, 6.07) is 16.3. The Balaban J connectivity index is 2.08. The number of benzene rings is 2. The van der Waals surface area contributed by atoms with Crippen molar-refractivity contribution >= 4 is 33.2 Å². The fourth-order valence-corrected chi connectivity index (χ4v) is 3.76. The maximum atomic E-state index is 12.6. The van der Waals surface area contributed by atoms with E-state index in [4.69, 9.17) is 11.6 Å². The first-order chi connectivity index (χ1) is 12.3. The fraction of sp³-hybridized carbons (Fsp3) is 0.316. The van der Waals surface area contributed by atoms with E-state index in [1.165, 1.54) is 4.31 Å². The van der Waals surface area contributed by atoms with Crippen LogP contribution in [0.2, 0.25) is 5.02 Å². The molecular formula is C19H23ClN2O3S. The highest BCUT2D eigenvalue weighted by atomic mass is 35.5. The molecule has 0 atom stereocenters. The lowest BCUT2D eigenvalue weighted by Gasteiger charge is -2.25. The molecule has 2 rings (SSSR count). The number of halogens is 1. The zero-order chi connectivity index (χ0) is 19.2. The summed E-state index contributed by atoms with van der Waals surface area (Å²) >= 11 is 5.97. The molecule has 140 valence electrons. The summed E-state index contributed by atoms with van der Waals surface area (Å²) in [5.41, 5.74) is 1.50. The quantitative estimate of drug-likeness (QED) is 0.688. The molecule has 0 radical (unpaired) electrons. The van der Waals surface area contributed by atoms with Crippen LogP contribution in [0, 0.1) is 0 Å². The molecule has 0 fully saturated rings. The Bertz CT molecular complexity index is 841. The van der Waals surface area contributed by atoms with E-state index in [0.717, 1.165) is 11.8 Å². The standard InChI is InChI=1S/C19H23ClN2O3S/c1-3-21(15-16-8-5-4-6-9-16)19(23)12-13-22(26(2,24)25)18-11-7-10-17(20)14-18/h4-11,14H,3,12-13,15H2,1-2H3. The summed E-state index contributed by atoms with van der Waals surface area (Å²) in [5, 5.41) is 0.446. The maximum absolute atomic E-state index is 12.6. The predicted molar refractivity (Wildman–Crippen MR) is 106 cm³/mol. The van der Waals surface area contributed by atoms with Crippen molar-refractivity contribution in [1.29, 1.82) is 0 Å². The number of sulfonamides is 1. The lowest BCUT2D eigenvalue weighted by Crippen LogP contribution is -2.36. The molecule has 7 heteroatoms. The van der Waals surface area contributed by atoms with Crippen LogP contribution in [0.5, 0.6) is 0 Å². The van der Waals surface area contributed by atoms with Crippen molar-refractivity contribution < 1.29 is 13.2 Å². The van der Waals surface area contributed by atoms with Crippen LogP contribution in [0.3, 0.4) is 0 Å². The molecule has 0 saturated heterocycles. The Kier molecular flexibility index (Phi) is 7.06. The molecule has 0 spiro atoms. The highest BCUT2D eigenvalue weighted by molar-refractivity contribution is 7.92. The van der Waals surface area contributed by atoms with Crippen LogP contribution in [0.15, 0.2) is 54.6 Å². The molecule has 2 aromatic carbocycles. The van der Waals surface area contributed by atoms with Gasteiger partial charge in [0.2, 0.25) is 15.9 Å². The number of hydrogen-bond acceptors (Lipinski definition) is 3. The second-order valence-corrected chi connectivity index (χ2v) is 8.30. The minimum absolute atomic E-state index is 0.0727. The normalized spacial score (nSPS) is 11.2. The molecular weight excluding hydrogens is 372 g/mol.